The van der Waals surface area contributed by atoms with Gasteiger partial charge in [-0.1, -0.05) is 6.92 Å². The van der Waals surface area contributed by atoms with E-state index < -0.39 is 10.0 Å². The molecule has 1 aliphatic rings. The Bertz CT molecular complexity index is 1000. The zero-order valence-electron chi connectivity index (χ0n) is 18.3. The van der Waals surface area contributed by atoms with E-state index in [0.717, 1.165) is 23.4 Å². The Morgan fingerprint density at radius 1 is 1.03 bits per heavy atom. The van der Waals surface area contributed by atoms with E-state index in [9.17, 15) is 8.42 Å². The van der Waals surface area contributed by atoms with Crippen molar-refractivity contribution in [1.82, 2.24) is 14.3 Å². The van der Waals surface area contributed by atoms with Crippen molar-refractivity contribution in [2.45, 2.75) is 39.0 Å². The molecule has 0 saturated carbocycles. The molecule has 9 heteroatoms. The lowest BCUT2D eigenvalue weighted by Gasteiger charge is -2.35. The molecule has 3 rings (SSSR count). The minimum absolute atomic E-state index is 0.336. The number of nitrogens with zero attached hydrogens (tertiary/aromatic N) is 4. The van der Waals surface area contributed by atoms with Gasteiger partial charge in [-0.15, -0.1) is 0 Å². The number of hydrogen-bond donors (Lipinski definition) is 0. The lowest BCUT2D eigenvalue weighted by molar-refractivity contribution is 0.303. The van der Waals surface area contributed by atoms with E-state index in [2.05, 4.69) is 14.9 Å². The Hall–Kier alpha value is -2.39. The zero-order valence-corrected chi connectivity index (χ0v) is 19.1. The molecule has 0 bridgehead atoms. The Morgan fingerprint density at radius 3 is 2.37 bits per heavy atom. The minimum atomic E-state index is -3.58. The quantitative estimate of drug-likeness (QED) is 0.662. The molecule has 2 heterocycles. The minimum Gasteiger partial charge on any atom is -0.496 e. The first-order valence-corrected chi connectivity index (χ1v) is 11.6. The molecular formula is C21H30N4O4S. The Kier molecular flexibility index (Phi) is 6.82. The highest BCUT2D eigenvalue weighted by Gasteiger charge is 2.31. The van der Waals surface area contributed by atoms with Crippen LogP contribution in [0.4, 0.5) is 5.82 Å². The van der Waals surface area contributed by atoms with Gasteiger partial charge in [0.2, 0.25) is 15.9 Å². The second-order valence-corrected chi connectivity index (χ2v) is 9.27. The first-order chi connectivity index (χ1) is 14.3. The van der Waals surface area contributed by atoms with E-state index in [4.69, 9.17) is 9.47 Å². The number of aromatic nitrogens is 2. The lowest BCUT2D eigenvalue weighted by Crippen LogP contribution is -2.49. The number of benzene rings is 1. The third-order valence-corrected chi connectivity index (χ3v) is 7.39. The van der Waals surface area contributed by atoms with Gasteiger partial charge in [-0.25, -0.2) is 13.4 Å². The molecule has 0 N–H and O–H groups in total. The number of piperazine rings is 1. The summed E-state index contributed by atoms with van der Waals surface area (Å²) < 4.78 is 39.0. The number of ether oxygens (including phenoxy) is 2. The molecule has 0 atom stereocenters. The SMILES string of the molecule is CCCOc1cc(N2CCN(S(=O)(=O)c3ccc(OC)c(C)c3C)CC2)nc(C)n1. The van der Waals surface area contributed by atoms with Crippen LogP contribution in [0.25, 0.3) is 0 Å². The molecule has 0 spiro atoms. The molecule has 1 aromatic heterocycles. The first kappa shape index (κ1) is 22.3. The molecule has 164 valence electrons. The van der Waals surface area contributed by atoms with Gasteiger partial charge >= 0.3 is 0 Å². The molecule has 30 heavy (non-hydrogen) atoms. The van der Waals surface area contributed by atoms with Crippen molar-refractivity contribution >= 4 is 15.8 Å². The van der Waals surface area contributed by atoms with Crippen LogP contribution in [0.15, 0.2) is 23.1 Å². The second kappa shape index (κ2) is 9.18. The van der Waals surface area contributed by atoms with Crippen LogP contribution in [0.5, 0.6) is 11.6 Å². The summed E-state index contributed by atoms with van der Waals surface area (Å²) in [5, 5.41) is 0. The fourth-order valence-electron chi connectivity index (χ4n) is 3.54. The van der Waals surface area contributed by atoms with Crippen molar-refractivity contribution in [2.75, 3.05) is 44.8 Å². The monoisotopic (exact) mass is 434 g/mol. The van der Waals surface area contributed by atoms with E-state index in [1.807, 2.05) is 33.8 Å². The Labute approximate surface area is 178 Å². The van der Waals surface area contributed by atoms with Gasteiger partial charge in [-0.3, -0.25) is 0 Å². The summed E-state index contributed by atoms with van der Waals surface area (Å²) in [4.78, 5) is 11.2. The molecule has 0 amide bonds. The van der Waals surface area contributed by atoms with Crippen molar-refractivity contribution in [3.8, 4) is 11.6 Å². The topological polar surface area (TPSA) is 84.9 Å². The van der Waals surface area contributed by atoms with Gasteiger partial charge in [0, 0.05) is 32.2 Å². The maximum atomic E-state index is 13.3. The highest BCUT2D eigenvalue weighted by Crippen LogP contribution is 2.29. The largest absolute Gasteiger partial charge is 0.496 e. The zero-order chi connectivity index (χ0) is 21.9. The summed E-state index contributed by atoms with van der Waals surface area (Å²) in [7, 11) is -1.99. The molecule has 0 radical (unpaired) electrons. The fraction of sp³-hybridized carbons (Fsp3) is 0.524. The van der Waals surface area contributed by atoms with Gasteiger partial charge in [-0.05, 0) is 50.5 Å². The fourth-order valence-corrected chi connectivity index (χ4v) is 5.24. The van der Waals surface area contributed by atoms with Crippen LogP contribution in [0, 0.1) is 20.8 Å². The van der Waals surface area contributed by atoms with Crippen LogP contribution in [0.3, 0.4) is 0 Å². The summed E-state index contributed by atoms with van der Waals surface area (Å²) >= 11 is 0. The number of rotatable bonds is 7. The molecular weight excluding hydrogens is 404 g/mol. The molecule has 0 aliphatic carbocycles. The van der Waals surface area contributed by atoms with Crippen LogP contribution in [0.2, 0.25) is 0 Å². The Morgan fingerprint density at radius 2 is 1.73 bits per heavy atom. The molecule has 1 fully saturated rings. The molecule has 0 unspecified atom stereocenters. The van der Waals surface area contributed by atoms with Gasteiger partial charge in [0.1, 0.15) is 17.4 Å². The highest BCUT2D eigenvalue weighted by atomic mass is 32.2. The van der Waals surface area contributed by atoms with Crippen LogP contribution in [-0.2, 0) is 10.0 Å². The standard InChI is InChI=1S/C21H30N4O4S/c1-6-13-29-21-14-20(22-17(4)23-21)24-9-11-25(12-10-24)30(26,27)19-8-7-18(28-5)15(2)16(19)3/h7-8,14H,6,9-13H2,1-5H3. The molecule has 2 aromatic rings. The average Bonchev–Trinajstić information content (AvgIpc) is 2.73. The highest BCUT2D eigenvalue weighted by molar-refractivity contribution is 7.89. The van der Waals surface area contributed by atoms with E-state index in [1.165, 1.54) is 0 Å². The van der Waals surface area contributed by atoms with E-state index in [-0.39, 0.29) is 0 Å². The number of sulfonamides is 1. The second-order valence-electron chi connectivity index (χ2n) is 7.37. The van der Waals surface area contributed by atoms with Crippen molar-refractivity contribution in [2.24, 2.45) is 0 Å². The average molecular weight is 435 g/mol. The van der Waals surface area contributed by atoms with Crippen molar-refractivity contribution in [1.29, 1.82) is 0 Å². The van der Waals surface area contributed by atoms with Gasteiger partial charge in [-0.2, -0.15) is 9.29 Å². The van der Waals surface area contributed by atoms with Gasteiger partial charge in [0.25, 0.3) is 0 Å². The van der Waals surface area contributed by atoms with E-state index in [1.54, 1.807) is 23.5 Å². The maximum Gasteiger partial charge on any atom is 0.243 e. The van der Waals surface area contributed by atoms with Crippen LogP contribution in [-0.4, -0.2) is 62.6 Å². The third-order valence-electron chi connectivity index (χ3n) is 5.34. The molecule has 8 nitrogen and oxygen atoms in total. The van der Waals surface area contributed by atoms with Crippen molar-refractivity contribution in [3.63, 3.8) is 0 Å². The third kappa shape index (κ3) is 4.52. The van der Waals surface area contributed by atoms with Crippen LogP contribution >= 0.6 is 0 Å². The predicted octanol–water partition coefficient (Wildman–Crippen LogP) is 2.71. The number of methoxy groups -OCH3 is 1. The summed E-state index contributed by atoms with van der Waals surface area (Å²) in [6.45, 7) is 10.1. The van der Waals surface area contributed by atoms with E-state index in [0.29, 0.717) is 55.1 Å². The number of anilines is 1. The number of aryl methyl sites for hydroxylation is 1. The summed E-state index contributed by atoms with van der Waals surface area (Å²) in [5.41, 5.74) is 1.56. The van der Waals surface area contributed by atoms with Crippen LogP contribution < -0.4 is 14.4 Å². The maximum absolute atomic E-state index is 13.3. The molecule has 1 aliphatic heterocycles. The normalized spacial score (nSPS) is 15.3. The van der Waals surface area contributed by atoms with E-state index >= 15 is 0 Å². The molecule has 1 saturated heterocycles. The smallest absolute Gasteiger partial charge is 0.243 e. The van der Waals surface area contributed by atoms with Gasteiger partial charge in [0.15, 0.2) is 0 Å². The predicted molar refractivity (Wildman–Crippen MR) is 116 cm³/mol. The summed E-state index contributed by atoms with van der Waals surface area (Å²) in [6.07, 6.45) is 0.902. The number of hydrogen-bond acceptors (Lipinski definition) is 7. The van der Waals surface area contributed by atoms with Crippen LogP contribution in [0.1, 0.15) is 30.3 Å². The van der Waals surface area contributed by atoms with Gasteiger partial charge in [0.05, 0.1) is 18.6 Å². The van der Waals surface area contributed by atoms with Crippen molar-refractivity contribution in [3.05, 3.63) is 35.2 Å². The first-order valence-electron chi connectivity index (χ1n) is 10.2. The van der Waals surface area contributed by atoms with Crippen molar-refractivity contribution < 1.29 is 17.9 Å². The molecule has 1 aromatic carbocycles. The lowest BCUT2D eigenvalue weighted by atomic mass is 10.1. The summed E-state index contributed by atoms with van der Waals surface area (Å²) in [5.74, 6) is 2.65. The summed E-state index contributed by atoms with van der Waals surface area (Å²) in [6, 6.07) is 5.17. The Balaban J connectivity index is 1.75. The van der Waals surface area contributed by atoms with Gasteiger partial charge < -0.3 is 14.4 Å².